The van der Waals surface area contributed by atoms with Gasteiger partial charge in [-0.2, -0.15) is 0 Å². The molecule has 0 fully saturated rings. The summed E-state index contributed by atoms with van der Waals surface area (Å²) in [5.41, 5.74) is 3.69. The van der Waals surface area contributed by atoms with Gasteiger partial charge in [-0.05, 0) is 48.4 Å². The molecular weight excluding hydrogens is 330 g/mol. The molecule has 1 aromatic heterocycles. The highest BCUT2D eigenvalue weighted by atomic mass is 16.5. The molecule has 1 atom stereocenters. The minimum Gasteiger partial charge on any atom is -0.497 e. The number of carbonyl (C=O) groups excluding carboxylic acids is 2. The number of hydrogen-bond acceptors (Lipinski definition) is 4. The number of fused-ring (bicyclic) bond motifs is 1. The predicted octanol–water partition coefficient (Wildman–Crippen LogP) is 4.06. The third-order valence-corrected chi connectivity index (χ3v) is 4.83. The molecule has 0 saturated heterocycles. The molecule has 0 aliphatic heterocycles. The molecule has 1 aromatic carbocycles. The summed E-state index contributed by atoms with van der Waals surface area (Å²) < 4.78 is 10.5. The molecule has 26 heavy (non-hydrogen) atoms. The molecule has 1 aliphatic carbocycles. The van der Waals surface area contributed by atoms with Crippen molar-refractivity contribution in [3.05, 3.63) is 52.3 Å². The van der Waals surface area contributed by atoms with E-state index < -0.39 is 0 Å². The summed E-state index contributed by atoms with van der Waals surface area (Å²) in [5.74, 6) is 0.842. The Labute approximate surface area is 153 Å². The normalized spacial score (nSPS) is 16.5. The molecule has 1 N–H and O–H groups in total. The summed E-state index contributed by atoms with van der Waals surface area (Å²) in [5, 5.41) is 0. The van der Waals surface area contributed by atoms with E-state index in [2.05, 4.69) is 4.98 Å². The van der Waals surface area contributed by atoms with Crippen LogP contribution in [0.25, 0.3) is 0 Å². The first-order chi connectivity index (χ1) is 12.4. The SMILES string of the molecule is COc1ccc([C@@H]2CC(=O)c3c([nH]c(C(=O)OCC(C)C)c3C)C2)cc1. The van der Waals surface area contributed by atoms with Crippen LogP contribution < -0.4 is 4.74 Å². The maximum atomic E-state index is 12.7. The third-order valence-electron chi connectivity index (χ3n) is 4.83. The van der Waals surface area contributed by atoms with Crippen LogP contribution in [0.4, 0.5) is 0 Å². The highest BCUT2D eigenvalue weighted by molar-refractivity contribution is 6.03. The van der Waals surface area contributed by atoms with E-state index >= 15 is 0 Å². The van der Waals surface area contributed by atoms with Crippen LogP contribution in [-0.4, -0.2) is 30.5 Å². The second-order valence-corrected chi connectivity index (χ2v) is 7.27. The smallest absolute Gasteiger partial charge is 0.355 e. The van der Waals surface area contributed by atoms with Crippen LogP contribution in [-0.2, 0) is 11.2 Å². The molecular formula is C21H25NO4. The number of rotatable bonds is 5. The molecule has 1 heterocycles. The molecule has 0 unspecified atom stereocenters. The first-order valence-corrected chi connectivity index (χ1v) is 8.96. The van der Waals surface area contributed by atoms with Crippen LogP contribution in [0.2, 0.25) is 0 Å². The lowest BCUT2D eigenvalue weighted by atomic mass is 9.81. The lowest BCUT2D eigenvalue weighted by Crippen LogP contribution is -2.18. The predicted molar refractivity (Wildman–Crippen MR) is 99.0 cm³/mol. The van der Waals surface area contributed by atoms with Crippen molar-refractivity contribution in [2.75, 3.05) is 13.7 Å². The minimum atomic E-state index is -0.389. The van der Waals surface area contributed by atoms with E-state index in [1.807, 2.05) is 45.0 Å². The van der Waals surface area contributed by atoms with Crippen molar-refractivity contribution < 1.29 is 19.1 Å². The Balaban J connectivity index is 1.84. The molecule has 5 nitrogen and oxygen atoms in total. The number of benzene rings is 1. The number of nitrogens with one attached hydrogen (secondary N) is 1. The van der Waals surface area contributed by atoms with Gasteiger partial charge >= 0.3 is 5.97 Å². The van der Waals surface area contributed by atoms with Crippen molar-refractivity contribution in [2.45, 2.75) is 39.5 Å². The Kier molecular flexibility index (Phi) is 5.16. The number of ether oxygens (including phenoxy) is 2. The zero-order valence-electron chi connectivity index (χ0n) is 15.7. The summed E-state index contributed by atoms with van der Waals surface area (Å²) in [6.45, 7) is 6.16. The van der Waals surface area contributed by atoms with E-state index in [0.29, 0.717) is 36.3 Å². The summed E-state index contributed by atoms with van der Waals surface area (Å²) in [4.78, 5) is 28.2. The Bertz CT molecular complexity index is 817. The average molecular weight is 355 g/mol. The summed E-state index contributed by atoms with van der Waals surface area (Å²) >= 11 is 0. The Morgan fingerprint density at radius 3 is 2.54 bits per heavy atom. The largest absolute Gasteiger partial charge is 0.497 e. The molecule has 0 amide bonds. The number of aromatic nitrogens is 1. The van der Waals surface area contributed by atoms with Gasteiger partial charge < -0.3 is 14.5 Å². The first-order valence-electron chi connectivity index (χ1n) is 8.96. The fourth-order valence-electron chi connectivity index (χ4n) is 3.46. The standard InChI is InChI=1S/C21H25NO4/c1-12(2)11-26-21(24)20-13(3)19-17(22-20)9-15(10-18(19)23)14-5-7-16(25-4)8-6-14/h5-8,12,15,22H,9-11H2,1-4H3/t15-/m0/s1. The van der Waals surface area contributed by atoms with Crippen LogP contribution in [0, 0.1) is 12.8 Å². The molecule has 138 valence electrons. The van der Waals surface area contributed by atoms with E-state index in [0.717, 1.165) is 17.0 Å². The van der Waals surface area contributed by atoms with E-state index in [-0.39, 0.29) is 23.6 Å². The van der Waals surface area contributed by atoms with Crippen molar-refractivity contribution in [3.63, 3.8) is 0 Å². The number of Topliss-reactive ketones (excluding diaryl/α,β-unsaturated/α-hetero) is 1. The second kappa shape index (κ2) is 7.36. The molecule has 0 spiro atoms. The zero-order chi connectivity index (χ0) is 18.8. The lowest BCUT2D eigenvalue weighted by molar-refractivity contribution is 0.0451. The molecule has 0 bridgehead atoms. The maximum Gasteiger partial charge on any atom is 0.355 e. The average Bonchev–Trinajstić information content (AvgIpc) is 2.97. The number of hydrogen-bond donors (Lipinski definition) is 1. The van der Waals surface area contributed by atoms with Crippen LogP contribution in [0.3, 0.4) is 0 Å². The number of esters is 1. The molecule has 3 rings (SSSR count). The molecule has 0 saturated carbocycles. The van der Waals surface area contributed by atoms with Crippen LogP contribution in [0.5, 0.6) is 5.75 Å². The molecule has 1 aliphatic rings. The Hall–Kier alpha value is -2.56. The number of methoxy groups -OCH3 is 1. The Morgan fingerprint density at radius 1 is 1.23 bits per heavy atom. The third kappa shape index (κ3) is 3.52. The fourth-order valence-corrected chi connectivity index (χ4v) is 3.46. The molecule has 2 aromatic rings. The van der Waals surface area contributed by atoms with Gasteiger partial charge in [0.25, 0.3) is 0 Å². The number of aromatic amines is 1. The van der Waals surface area contributed by atoms with Gasteiger partial charge in [0.1, 0.15) is 11.4 Å². The number of H-pyrrole nitrogens is 1. The van der Waals surface area contributed by atoms with Crippen molar-refractivity contribution >= 4 is 11.8 Å². The number of ketones is 1. The van der Waals surface area contributed by atoms with Crippen molar-refractivity contribution in [3.8, 4) is 5.75 Å². The van der Waals surface area contributed by atoms with E-state index in [9.17, 15) is 9.59 Å². The topological polar surface area (TPSA) is 68.4 Å². The second-order valence-electron chi connectivity index (χ2n) is 7.27. The van der Waals surface area contributed by atoms with Crippen molar-refractivity contribution in [2.24, 2.45) is 5.92 Å². The van der Waals surface area contributed by atoms with Crippen LogP contribution >= 0.6 is 0 Å². The quantitative estimate of drug-likeness (QED) is 0.821. The molecule has 0 radical (unpaired) electrons. The summed E-state index contributed by atoms with van der Waals surface area (Å²) in [6, 6.07) is 7.80. The Morgan fingerprint density at radius 2 is 1.92 bits per heavy atom. The van der Waals surface area contributed by atoms with Crippen LogP contribution in [0.1, 0.15) is 63.9 Å². The number of carbonyl (C=O) groups is 2. The van der Waals surface area contributed by atoms with Gasteiger partial charge in [0.15, 0.2) is 5.78 Å². The van der Waals surface area contributed by atoms with Crippen molar-refractivity contribution in [1.29, 1.82) is 0 Å². The van der Waals surface area contributed by atoms with Gasteiger partial charge in [-0.3, -0.25) is 4.79 Å². The van der Waals surface area contributed by atoms with Crippen molar-refractivity contribution in [1.82, 2.24) is 4.98 Å². The highest BCUT2D eigenvalue weighted by Crippen LogP contribution is 2.35. The van der Waals surface area contributed by atoms with Gasteiger partial charge in [-0.1, -0.05) is 26.0 Å². The van der Waals surface area contributed by atoms with E-state index in [1.165, 1.54) is 0 Å². The minimum absolute atomic E-state index is 0.0729. The van der Waals surface area contributed by atoms with E-state index in [4.69, 9.17) is 9.47 Å². The van der Waals surface area contributed by atoms with Gasteiger partial charge in [-0.15, -0.1) is 0 Å². The van der Waals surface area contributed by atoms with Gasteiger partial charge in [0.05, 0.1) is 13.7 Å². The van der Waals surface area contributed by atoms with E-state index in [1.54, 1.807) is 7.11 Å². The van der Waals surface area contributed by atoms with Crippen LogP contribution in [0.15, 0.2) is 24.3 Å². The summed E-state index contributed by atoms with van der Waals surface area (Å²) in [6.07, 6.45) is 1.14. The maximum absolute atomic E-state index is 12.7. The highest BCUT2D eigenvalue weighted by Gasteiger charge is 2.32. The van der Waals surface area contributed by atoms with Gasteiger partial charge in [0.2, 0.25) is 0 Å². The first kappa shape index (κ1) is 18.2. The lowest BCUT2D eigenvalue weighted by Gasteiger charge is -2.22. The monoisotopic (exact) mass is 355 g/mol. The molecule has 5 heteroatoms. The fraction of sp³-hybridized carbons (Fsp3) is 0.429. The van der Waals surface area contributed by atoms with Gasteiger partial charge in [0, 0.05) is 17.7 Å². The van der Waals surface area contributed by atoms with Gasteiger partial charge in [-0.25, -0.2) is 4.79 Å². The zero-order valence-corrected chi connectivity index (χ0v) is 15.7. The summed E-state index contributed by atoms with van der Waals surface area (Å²) in [7, 11) is 1.63.